The predicted octanol–water partition coefficient (Wildman–Crippen LogP) is 3.69. The Balaban J connectivity index is 2.65. The van der Waals surface area contributed by atoms with Gasteiger partial charge >= 0.3 is 18.1 Å². The molecule has 0 aliphatic carbocycles. The molecule has 0 fully saturated rings. The van der Waals surface area contributed by atoms with Gasteiger partial charge in [0.1, 0.15) is 5.69 Å². The highest BCUT2D eigenvalue weighted by atomic mass is 35.5. The molecule has 0 bridgehead atoms. The van der Waals surface area contributed by atoms with Gasteiger partial charge in [-0.05, 0) is 35.4 Å². The Labute approximate surface area is 155 Å². The topological polar surface area (TPSA) is 108 Å². The third-order valence-corrected chi connectivity index (χ3v) is 4.52. The van der Waals surface area contributed by atoms with Gasteiger partial charge in [0.2, 0.25) is 0 Å². The number of carboxylic acid groups (broad SMARTS) is 2. The summed E-state index contributed by atoms with van der Waals surface area (Å²) in [5.74, 6) is -4.56. The van der Waals surface area contributed by atoms with Crippen LogP contribution in [0.2, 0.25) is 5.02 Å². The fourth-order valence-corrected chi connectivity index (χ4v) is 3.02. The molecule has 0 aliphatic heterocycles. The Morgan fingerprint density at radius 1 is 1.11 bits per heavy atom. The first-order valence-corrected chi connectivity index (χ1v) is 7.79. The van der Waals surface area contributed by atoms with Gasteiger partial charge in [-0.15, -0.1) is 0 Å². The number of benzene rings is 1. The van der Waals surface area contributed by atoms with E-state index in [2.05, 4.69) is 4.98 Å². The zero-order valence-corrected chi connectivity index (χ0v) is 14.4. The van der Waals surface area contributed by atoms with Crippen LogP contribution in [-0.4, -0.2) is 38.4 Å². The molecule has 2 atom stereocenters. The van der Waals surface area contributed by atoms with Crippen molar-refractivity contribution in [3.8, 4) is 0 Å². The van der Waals surface area contributed by atoms with Crippen LogP contribution in [0.5, 0.6) is 0 Å². The third-order valence-electron chi connectivity index (χ3n) is 4.19. The summed E-state index contributed by atoms with van der Waals surface area (Å²) < 4.78 is 41.5. The Hall–Kier alpha value is -2.65. The fourth-order valence-electron chi connectivity index (χ4n) is 2.68. The number of halogens is 4. The third kappa shape index (κ3) is 3.74. The van der Waals surface area contributed by atoms with Crippen LogP contribution in [0.1, 0.15) is 44.8 Å². The van der Waals surface area contributed by atoms with Crippen LogP contribution in [0.25, 0.3) is 0 Å². The first-order chi connectivity index (χ1) is 12.4. The minimum atomic E-state index is -5.20. The highest BCUT2D eigenvalue weighted by Crippen LogP contribution is 2.49. The molecule has 1 aromatic heterocycles. The molecule has 27 heavy (non-hydrogen) atoms. The van der Waals surface area contributed by atoms with Crippen molar-refractivity contribution in [2.75, 3.05) is 0 Å². The van der Waals surface area contributed by atoms with Crippen LogP contribution in [0.4, 0.5) is 13.2 Å². The maximum atomic E-state index is 13.8. The number of carboxylic acids is 2. The number of aromatic nitrogens is 1. The number of alkyl halides is 3. The molecule has 0 radical (unpaired) electrons. The lowest BCUT2D eigenvalue weighted by Gasteiger charge is -2.37. The summed E-state index contributed by atoms with van der Waals surface area (Å²) in [5, 5.41) is 28.2. The van der Waals surface area contributed by atoms with Gasteiger partial charge in [-0.25, -0.2) is 14.6 Å². The second-order valence-electron chi connectivity index (χ2n) is 5.76. The van der Waals surface area contributed by atoms with Crippen molar-refractivity contribution in [1.29, 1.82) is 0 Å². The Morgan fingerprint density at radius 2 is 1.74 bits per heavy atom. The van der Waals surface area contributed by atoms with Crippen molar-refractivity contribution < 1.29 is 38.1 Å². The smallest absolute Gasteiger partial charge is 0.422 e. The molecule has 2 rings (SSSR count). The molecule has 144 valence electrons. The van der Waals surface area contributed by atoms with E-state index in [9.17, 15) is 27.9 Å². The Morgan fingerprint density at radius 3 is 2.22 bits per heavy atom. The van der Waals surface area contributed by atoms with Gasteiger partial charge in [0.15, 0.2) is 5.60 Å². The van der Waals surface area contributed by atoms with Crippen LogP contribution in [-0.2, 0) is 5.60 Å². The van der Waals surface area contributed by atoms with Gasteiger partial charge in [0.25, 0.3) is 0 Å². The van der Waals surface area contributed by atoms with Crippen LogP contribution in [0.15, 0.2) is 36.5 Å². The Kier molecular flexibility index (Phi) is 5.48. The molecule has 1 aromatic carbocycles. The lowest BCUT2D eigenvalue weighted by atomic mass is 9.77. The van der Waals surface area contributed by atoms with E-state index in [0.29, 0.717) is 6.07 Å². The standard InChI is InChI=1S/C17H13ClF3NO5/c1-8(11-3-2-9(14(23)24)6-12(11)18)16(27,17(19,20)21)10-4-5-22-13(7-10)15(25)26/h2-8,27H,1H3,(H,23,24)(H,25,26). The van der Waals surface area contributed by atoms with Crippen molar-refractivity contribution in [1.82, 2.24) is 4.98 Å². The van der Waals surface area contributed by atoms with E-state index in [1.165, 1.54) is 0 Å². The number of pyridine rings is 1. The Bertz CT molecular complexity index is 902. The van der Waals surface area contributed by atoms with E-state index in [1.807, 2.05) is 0 Å². The molecule has 0 aliphatic rings. The maximum Gasteiger partial charge on any atom is 0.422 e. The average Bonchev–Trinajstić information content (AvgIpc) is 2.59. The zero-order valence-electron chi connectivity index (χ0n) is 13.7. The number of nitrogens with zero attached hydrogens (tertiary/aromatic N) is 1. The maximum absolute atomic E-state index is 13.8. The molecule has 0 amide bonds. The highest BCUT2D eigenvalue weighted by molar-refractivity contribution is 6.31. The van der Waals surface area contributed by atoms with Crippen molar-refractivity contribution in [3.63, 3.8) is 0 Å². The molecule has 0 saturated carbocycles. The van der Waals surface area contributed by atoms with E-state index in [0.717, 1.165) is 37.4 Å². The predicted molar refractivity (Wildman–Crippen MR) is 88.0 cm³/mol. The normalized spacial score (nSPS) is 15.0. The number of rotatable bonds is 5. The first kappa shape index (κ1) is 20.7. The molecule has 2 unspecified atom stereocenters. The van der Waals surface area contributed by atoms with Gasteiger partial charge in [-0.3, -0.25) is 0 Å². The molecule has 10 heteroatoms. The average molecular weight is 404 g/mol. The van der Waals surface area contributed by atoms with Gasteiger partial charge in [0.05, 0.1) is 5.56 Å². The number of aromatic carboxylic acids is 2. The van der Waals surface area contributed by atoms with E-state index >= 15 is 0 Å². The second kappa shape index (κ2) is 7.16. The van der Waals surface area contributed by atoms with Gasteiger partial charge in [0, 0.05) is 17.1 Å². The van der Waals surface area contributed by atoms with Crippen molar-refractivity contribution in [2.45, 2.75) is 24.6 Å². The number of carbonyl (C=O) groups is 2. The molecular weight excluding hydrogens is 391 g/mol. The molecule has 3 N–H and O–H groups in total. The van der Waals surface area contributed by atoms with Crippen molar-refractivity contribution in [2.24, 2.45) is 0 Å². The summed E-state index contributed by atoms with van der Waals surface area (Å²) >= 11 is 5.95. The van der Waals surface area contributed by atoms with Crippen LogP contribution in [0, 0.1) is 0 Å². The molecular formula is C17H13ClF3NO5. The lowest BCUT2D eigenvalue weighted by molar-refractivity contribution is -0.274. The van der Waals surface area contributed by atoms with E-state index < -0.39 is 40.9 Å². The van der Waals surface area contributed by atoms with Gasteiger partial charge in [-0.2, -0.15) is 13.2 Å². The fraction of sp³-hybridized carbons (Fsp3) is 0.235. The number of aliphatic hydroxyl groups is 1. The summed E-state index contributed by atoms with van der Waals surface area (Å²) in [6.07, 6.45) is -4.35. The van der Waals surface area contributed by atoms with Crippen molar-refractivity contribution in [3.05, 3.63) is 63.9 Å². The van der Waals surface area contributed by atoms with Crippen LogP contribution >= 0.6 is 11.6 Å². The number of hydrogen-bond donors (Lipinski definition) is 3. The minimum absolute atomic E-state index is 0.157. The summed E-state index contributed by atoms with van der Waals surface area (Å²) in [4.78, 5) is 25.4. The molecule has 0 spiro atoms. The monoisotopic (exact) mass is 403 g/mol. The SMILES string of the molecule is CC(c1ccc(C(=O)O)cc1Cl)C(O)(c1ccnc(C(=O)O)c1)C(F)(F)F. The molecule has 0 saturated heterocycles. The quantitative estimate of drug-likeness (QED) is 0.702. The molecule has 1 heterocycles. The van der Waals surface area contributed by atoms with Crippen molar-refractivity contribution >= 4 is 23.5 Å². The van der Waals surface area contributed by atoms with Crippen LogP contribution in [0.3, 0.4) is 0 Å². The van der Waals surface area contributed by atoms with E-state index in [1.54, 1.807) is 0 Å². The lowest BCUT2D eigenvalue weighted by Crippen LogP contribution is -2.46. The summed E-state index contributed by atoms with van der Waals surface area (Å²) in [6, 6.07) is 4.60. The molecule has 2 aromatic rings. The van der Waals surface area contributed by atoms with E-state index in [-0.39, 0.29) is 16.1 Å². The molecule has 6 nitrogen and oxygen atoms in total. The number of hydrogen-bond acceptors (Lipinski definition) is 4. The second-order valence-corrected chi connectivity index (χ2v) is 6.17. The zero-order chi connectivity index (χ0) is 20.6. The summed E-state index contributed by atoms with van der Waals surface area (Å²) in [5.41, 5.74) is -5.28. The van der Waals surface area contributed by atoms with Gasteiger partial charge in [-0.1, -0.05) is 24.6 Å². The largest absolute Gasteiger partial charge is 0.478 e. The van der Waals surface area contributed by atoms with Crippen LogP contribution < -0.4 is 0 Å². The highest BCUT2D eigenvalue weighted by Gasteiger charge is 2.59. The minimum Gasteiger partial charge on any atom is -0.478 e. The summed E-state index contributed by atoms with van der Waals surface area (Å²) in [6.45, 7) is 1.05. The van der Waals surface area contributed by atoms with Gasteiger partial charge < -0.3 is 15.3 Å². The van der Waals surface area contributed by atoms with E-state index in [4.69, 9.17) is 21.8 Å². The summed E-state index contributed by atoms with van der Waals surface area (Å²) in [7, 11) is 0. The first-order valence-electron chi connectivity index (χ1n) is 7.41.